The van der Waals surface area contributed by atoms with Crippen molar-refractivity contribution in [3.63, 3.8) is 0 Å². The maximum Gasteiger partial charge on any atom is 0.225 e. The minimum absolute atomic E-state index is 0.102. The van der Waals surface area contributed by atoms with Crippen LogP contribution in [-0.4, -0.2) is 60.2 Å². The predicted octanol–water partition coefficient (Wildman–Crippen LogP) is 2.20. The van der Waals surface area contributed by atoms with Crippen molar-refractivity contribution in [3.05, 3.63) is 47.5 Å². The molecule has 0 N–H and O–H groups in total. The van der Waals surface area contributed by atoms with E-state index in [1.807, 2.05) is 11.1 Å². The van der Waals surface area contributed by atoms with Gasteiger partial charge < -0.3 is 19.3 Å². The molecule has 3 heterocycles. The van der Waals surface area contributed by atoms with Crippen LogP contribution in [0.5, 0.6) is 5.75 Å². The second kappa shape index (κ2) is 9.17. The summed E-state index contributed by atoms with van der Waals surface area (Å²) in [4.78, 5) is 25.6. The second-order valence-electron chi connectivity index (χ2n) is 7.19. The van der Waals surface area contributed by atoms with Gasteiger partial charge in [0.05, 0.1) is 25.5 Å². The van der Waals surface area contributed by atoms with Crippen LogP contribution in [0.1, 0.15) is 24.1 Å². The van der Waals surface area contributed by atoms with Crippen LogP contribution >= 0.6 is 0 Å². The minimum atomic E-state index is -0.383. The Balaban J connectivity index is 1.21. The number of halogens is 1. The Kier molecular flexibility index (Phi) is 6.19. The molecule has 0 aliphatic carbocycles. The first kappa shape index (κ1) is 19.6. The van der Waals surface area contributed by atoms with Gasteiger partial charge in [-0.3, -0.25) is 4.79 Å². The van der Waals surface area contributed by atoms with E-state index < -0.39 is 0 Å². The highest BCUT2D eigenvalue weighted by atomic mass is 19.1. The molecular weight excluding hydrogens is 375 g/mol. The molecule has 0 bridgehead atoms. The number of benzene rings is 1. The lowest BCUT2D eigenvalue weighted by molar-refractivity contribution is -0.131. The number of fused-ring (bicyclic) bond motifs is 1. The van der Waals surface area contributed by atoms with Crippen molar-refractivity contribution in [2.75, 3.05) is 44.3 Å². The fourth-order valence-corrected chi connectivity index (χ4v) is 3.55. The van der Waals surface area contributed by atoms with Gasteiger partial charge in [0.15, 0.2) is 11.6 Å². The average molecular weight is 400 g/mol. The summed E-state index contributed by atoms with van der Waals surface area (Å²) in [6.45, 7) is 4.33. The number of nitrogens with zero attached hydrogens (tertiary/aromatic N) is 4. The number of piperazine rings is 1. The van der Waals surface area contributed by atoms with Crippen LogP contribution in [0, 0.1) is 5.82 Å². The number of carbonyl (C=O) groups is 1. The van der Waals surface area contributed by atoms with Crippen molar-refractivity contribution in [2.45, 2.75) is 25.9 Å². The number of amides is 1. The summed E-state index contributed by atoms with van der Waals surface area (Å²) in [7, 11) is 0. The standard InChI is InChI=1S/C21H25FN4O3/c22-17-4-1-2-5-19(17)29-12-3-6-20(27)25-8-10-26(11-9-25)21-23-14-16-15-28-13-7-18(16)24-21/h1-2,4-5,14H,3,6-13,15H2. The van der Waals surface area contributed by atoms with Gasteiger partial charge in [-0.15, -0.1) is 0 Å². The molecular formula is C21H25FN4O3. The third-order valence-electron chi connectivity index (χ3n) is 5.23. The number of aromatic nitrogens is 2. The summed E-state index contributed by atoms with van der Waals surface area (Å²) in [6.07, 6.45) is 3.62. The quantitative estimate of drug-likeness (QED) is 0.693. The van der Waals surface area contributed by atoms with E-state index >= 15 is 0 Å². The molecule has 1 fully saturated rings. The lowest BCUT2D eigenvalue weighted by Crippen LogP contribution is -2.49. The van der Waals surface area contributed by atoms with Crippen LogP contribution in [0.25, 0.3) is 0 Å². The highest BCUT2D eigenvalue weighted by Gasteiger charge is 2.23. The normalized spacial score (nSPS) is 16.4. The molecule has 0 saturated carbocycles. The predicted molar refractivity (Wildman–Crippen MR) is 105 cm³/mol. The molecule has 2 aliphatic heterocycles. The van der Waals surface area contributed by atoms with Crippen LogP contribution in [0.2, 0.25) is 0 Å². The van der Waals surface area contributed by atoms with E-state index in [4.69, 9.17) is 9.47 Å². The Morgan fingerprint density at radius 2 is 2.03 bits per heavy atom. The molecule has 0 radical (unpaired) electrons. The monoisotopic (exact) mass is 400 g/mol. The van der Waals surface area contributed by atoms with Gasteiger partial charge in [-0.1, -0.05) is 12.1 Å². The molecule has 1 amide bonds. The topological polar surface area (TPSA) is 67.8 Å². The van der Waals surface area contributed by atoms with E-state index in [9.17, 15) is 9.18 Å². The average Bonchev–Trinajstić information content (AvgIpc) is 2.77. The zero-order valence-electron chi connectivity index (χ0n) is 16.3. The van der Waals surface area contributed by atoms with E-state index in [1.165, 1.54) is 6.07 Å². The van der Waals surface area contributed by atoms with E-state index in [0.29, 0.717) is 58.8 Å². The summed E-state index contributed by atoms with van der Waals surface area (Å²) in [5.41, 5.74) is 2.13. The number of hydrogen-bond acceptors (Lipinski definition) is 6. The lowest BCUT2D eigenvalue weighted by atomic mass is 10.1. The minimum Gasteiger partial charge on any atom is -0.491 e. The van der Waals surface area contributed by atoms with Gasteiger partial charge in [-0.25, -0.2) is 14.4 Å². The van der Waals surface area contributed by atoms with Crippen molar-refractivity contribution < 1.29 is 18.7 Å². The molecule has 1 saturated heterocycles. The van der Waals surface area contributed by atoms with Gasteiger partial charge in [0.1, 0.15) is 0 Å². The molecule has 29 heavy (non-hydrogen) atoms. The molecule has 8 heteroatoms. The van der Waals surface area contributed by atoms with E-state index in [1.54, 1.807) is 18.2 Å². The Hall–Kier alpha value is -2.74. The van der Waals surface area contributed by atoms with Crippen molar-refractivity contribution >= 4 is 11.9 Å². The molecule has 7 nitrogen and oxygen atoms in total. The first-order chi connectivity index (χ1) is 14.2. The molecule has 154 valence electrons. The van der Waals surface area contributed by atoms with Crippen molar-refractivity contribution in [1.82, 2.24) is 14.9 Å². The molecule has 4 rings (SSSR count). The van der Waals surface area contributed by atoms with E-state index in [0.717, 1.165) is 23.6 Å². The number of anilines is 1. The van der Waals surface area contributed by atoms with E-state index in [-0.39, 0.29) is 17.5 Å². The number of ether oxygens (including phenoxy) is 2. The van der Waals surface area contributed by atoms with Crippen LogP contribution in [0.15, 0.2) is 30.5 Å². The van der Waals surface area contributed by atoms with Crippen molar-refractivity contribution in [1.29, 1.82) is 0 Å². The molecule has 0 atom stereocenters. The first-order valence-electron chi connectivity index (χ1n) is 10.0. The summed E-state index contributed by atoms with van der Waals surface area (Å²) in [5.74, 6) is 0.679. The smallest absolute Gasteiger partial charge is 0.225 e. The Morgan fingerprint density at radius 3 is 2.86 bits per heavy atom. The van der Waals surface area contributed by atoms with Gasteiger partial charge in [-0.05, 0) is 18.6 Å². The SMILES string of the molecule is O=C(CCCOc1ccccc1F)N1CCN(c2ncc3c(n2)CCOC3)CC1. The Bertz CT molecular complexity index is 856. The Morgan fingerprint density at radius 1 is 1.21 bits per heavy atom. The first-order valence-corrected chi connectivity index (χ1v) is 10.0. The fourth-order valence-electron chi connectivity index (χ4n) is 3.55. The van der Waals surface area contributed by atoms with E-state index in [2.05, 4.69) is 14.9 Å². The zero-order chi connectivity index (χ0) is 20.1. The summed E-state index contributed by atoms with van der Waals surface area (Å²) >= 11 is 0. The van der Waals surface area contributed by atoms with Crippen molar-refractivity contribution in [2.24, 2.45) is 0 Å². The van der Waals surface area contributed by atoms with Gasteiger partial charge in [0, 0.05) is 50.8 Å². The highest BCUT2D eigenvalue weighted by molar-refractivity contribution is 5.76. The fraction of sp³-hybridized carbons (Fsp3) is 0.476. The zero-order valence-corrected chi connectivity index (χ0v) is 16.3. The lowest BCUT2D eigenvalue weighted by Gasteiger charge is -2.35. The van der Waals surface area contributed by atoms with Crippen LogP contribution < -0.4 is 9.64 Å². The maximum absolute atomic E-state index is 13.5. The van der Waals surface area contributed by atoms with Gasteiger partial charge in [0.25, 0.3) is 0 Å². The number of carbonyl (C=O) groups excluding carboxylic acids is 1. The molecule has 2 aromatic rings. The molecule has 1 aromatic heterocycles. The summed E-state index contributed by atoms with van der Waals surface area (Å²) < 4.78 is 24.4. The number of para-hydroxylation sites is 1. The second-order valence-corrected chi connectivity index (χ2v) is 7.19. The van der Waals surface area contributed by atoms with Crippen LogP contribution in [0.3, 0.4) is 0 Å². The van der Waals surface area contributed by atoms with Gasteiger partial charge in [-0.2, -0.15) is 0 Å². The van der Waals surface area contributed by atoms with Crippen LogP contribution in [0.4, 0.5) is 10.3 Å². The molecule has 1 aromatic carbocycles. The molecule has 2 aliphatic rings. The molecule has 0 spiro atoms. The van der Waals surface area contributed by atoms with Gasteiger partial charge in [0.2, 0.25) is 11.9 Å². The number of hydrogen-bond donors (Lipinski definition) is 0. The third kappa shape index (κ3) is 4.82. The van der Waals surface area contributed by atoms with Crippen molar-refractivity contribution in [3.8, 4) is 5.75 Å². The van der Waals surface area contributed by atoms with Crippen LogP contribution in [-0.2, 0) is 22.6 Å². The highest BCUT2D eigenvalue weighted by Crippen LogP contribution is 2.19. The largest absolute Gasteiger partial charge is 0.491 e. The summed E-state index contributed by atoms with van der Waals surface area (Å²) in [6, 6.07) is 6.30. The summed E-state index contributed by atoms with van der Waals surface area (Å²) in [5, 5.41) is 0. The maximum atomic E-state index is 13.5. The molecule has 0 unspecified atom stereocenters. The third-order valence-corrected chi connectivity index (χ3v) is 5.23. The Labute approximate surface area is 169 Å². The van der Waals surface area contributed by atoms with Gasteiger partial charge >= 0.3 is 0 Å². The number of rotatable bonds is 6.